The van der Waals surface area contributed by atoms with Crippen molar-refractivity contribution in [2.24, 2.45) is 5.73 Å². The molecular formula is C16H26N2O3. The molecule has 1 aromatic rings. The highest BCUT2D eigenvalue weighted by Gasteiger charge is 2.25. The number of hydrogen-bond acceptors (Lipinski definition) is 4. The van der Waals surface area contributed by atoms with E-state index in [-0.39, 0.29) is 24.3 Å². The number of phenols is 1. The van der Waals surface area contributed by atoms with Gasteiger partial charge in [0.25, 0.3) is 0 Å². The van der Waals surface area contributed by atoms with Crippen LogP contribution in [0.25, 0.3) is 0 Å². The van der Waals surface area contributed by atoms with E-state index in [2.05, 4.69) is 0 Å². The van der Waals surface area contributed by atoms with Gasteiger partial charge in [0.05, 0.1) is 12.6 Å². The molecule has 0 saturated heterocycles. The zero-order valence-electron chi connectivity index (χ0n) is 12.8. The first-order valence-electron chi connectivity index (χ1n) is 7.48. The second-order valence-corrected chi connectivity index (χ2v) is 5.20. The molecule has 21 heavy (non-hydrogen) atoms. The number of aliphatic hydroxyl groups excluding tert-OH is 1. The Morgan fingerprint density at radius 2 is 1.81 bits per heavy atom. The van der Waals surface area contributed by atoms with Crippen molar-refractivity contribution in [3.63, 3.8) is 0 Å². The summed E-state index contributed by atoms with van der Waals surface area (Å²) in [5.41, 5.74) is 6.94. The maximum Gasteiger partial charge on any atom is 0.240 e. The fourth-order valence-electron chi connectivity index (χ4n) is 2.50. The van der Waals surface area contributed by atoms with Gasteiger partial charge in [-0.1, -0.05) is 26.0 Å². The third-order valence-corrected chi connectivity index (χ3v) is 3.72. The van der Waals surface area contributed by atoms with Crippen LogP contribution in [-0.2, 0) is 11.2 Å². The maximum absolute atomic E-state index is 12.5. The fraction of sp³-hybridized carbons (Fsp3) is 0.562. The Balaban J connectivity index is 2.75. The van der Waals surface area contributed by atoms with Crippen LogP contribution in [0.5, 0.6) is 5.75 Å². The number of carbonyl (C=O) groups excluding carboxylic acids is 1. The van der Waals surface area contributed by atoms with Crippen LogP contribution >= 0.6 is 0 Å². The molecular weight excluding hydrogens is 268 g/mol. The molecule has 0 aliphatic heterocycles. The second-order valence-electron chi connectivity index (χ2n) is 5.20. The Labute approximate surface area is 126 Å². The third-order valence-electron chi connectivity index (χ3n) is 3.72. The Kier molecular flexibility index (Phi) is 7.19. The summed E-state index contributed by atoms with van der Waals surface area (Å²) in [6.45, 7) is 4.30. The number of nitrogens with zero attached hydrogens (tertiary/aromatic N) is 1. The van der Waals surface area contributed by atoms with Gasteiger partial charge in [0.1, 0.15) is 5.75 Å². The molecule has 0 bridgehead atoms. The van der Waals surface area contributed by atoms with Crippen LogP contribution in [-0.4, -0.2) is 46.3 Å². The van der Waals surface area contributed by atoms with Crippen molar-refractivity contribution in [3.05, 3.63) is 29.8 Å². The summed E-state index contributed by atoms with van der Waals surface area (Å²) >= 11 is 0. The van der Waals surface area contributed by atoms with Crippen LogP contribution in [0.1, 0.15) is 32.3 Å². The molecule has 1 atom stereocenters. The highest BCUT2D eigenvalue weighted by molar-refractivity contribution is 5.82. The maximum atomic E-state index is 12.5. The first kappa shape index (κ1) is 17.5. The van der Waals surface area contributed by atoms with E-state index in [4.69, 9.17) is 10.8 Å². The SMILES string of the molecule is CCC(CC)N(CCO)C(=O)[C@H](N)Cc1ccc(O)cc1. The average molecular weight is 294 g/mol. The zero-order chi connectivity index (χ0) is 15.8. The Bertz CT molecular complexity index is 430. The number of nitrogens with two attached hydrogens (primary N) is 1. The highest BCUT2D eigenvalue weighted by atomic mass is 16.3. The molecule has 0 saturated carbocycles. The van der Waals surface area contributed by atoms with Gasteiger partial charge in [0, 0.05) is 12.6 Å². The normalized spacial score (nSPS) is 12.4. The van der Waals surface area contributed by atoms with Crippen LogP contribution in [0, 0.1) is 0 Å². The number of benzene rings is 1. The lowest BCUT2D eigenvalue weighted by Crippen LogP contribution is -2.50. The predicted molar refractivity (Wildman–Crippen MR) is 83.0 cm³/mol. The first-order chi connectivity index (χ1) is 10.0. The summed E-state index contributed by atoms with van der Waals surface area (Å²) < 4.78 is 0. The lowest BCUT2D eigenvalue weighted by Gasteiger charge is -2.32. The van der Waals surface area contributed by atoms with Gasteiger partial charge in [-0.25, -0.2) is 0 Å². The second kappa shape index (κ2) is 8.64. The van der Waals surface area contributed by atoms with Gasteiger partial charge >= 0.3 is 0 Å². The number of hydrogen-bond donors (Lipinski definition) is 3. The molecule has 5 nitrogen and oxygen atoms in total. The quantitative estimate of drug-likeness (QED) is 0.674. The molecule has 0 radical (unpaired) electrons. The largest absolute Gasteiger partial charge is 0.508 e. The van der Waals surface area contributed by atoms with Crippen molar-refractivity contribution in [2.75, 3.05) is 13.2 Å². The van der Waals surface area contributed by atoms with Gasteiger partial charge in [0.15, 0.2) is 0 Å². The first-order valence-corrected chi connectivity index (χ1v) is 7.48. The predicted octanol–water partition coefficient (Wildman–Crippen LogP) is 1.27. The van der Waals surface area contributed by atoms with Crippen molar-refractivity contribution in [2.45, 2.75) is 45.2 Å². The average Bonchev–Trinajstić information content (AvgIpc) is 2.49. The highest BCUT2D eigenvalue weighted by Crippen LogP contribution is 2.14. The van der Waals surface area contributed by atoms with Crippen LogP contribution in [0.2, 0.25) is 0 Å². The monoisotopic (exact) mass is 294 g/mol. The number of aromatic hydroxyl groups is 1. The van der Waals surface area contributed by atoms with Crippen molar-refractivity contribution >= 4 is 5.91 Å². The molecule has 0 aliphatic carbocycles. The number of aliphatic hydroxyl groups is 1. The van der Waals surface area contributed by atoms with E-state index in [0.29, 0.717) is 13.0 Å². The van der Waals surface area contributed by atoms with Crippen LogP contribution < -0.4 is 5.73 Å². The molecule has 0 aliphatic rings. The van der Waals surface area contributed by atoms with Crippen LogP contribution in [0.4, 0.5) is 0 Å². The summed E-state index contributed by atoms with van der Waals surface area (Å²) in [5.74, 6) is 0.0587. The molecule has 1 aromatic carbocycles. The van der Waals surface area contributed by atoms with Crippen LogP contribution in [0.3, 0.4) is 0 Å². The van der Waals surface area contributed by atoms with Gasteiger partial charge in [-0.2, -0.15) is 0 Å². The summed E-state index contributed by atoms with van der Waals surface area (Å²) in [4.78, 5) is 14.2. The number of phenolic OH excluding ortho intramolecular Hbond substituents is 1. The summed E-state index contributed by atoms with van der Waals surface area (Å²) in [5, 5.41) is 18.4. The molecule has 1 rings (SSSR count). The number of rotatable bonds is 8. The van der Waals surface area contributed by atoms with E-state index < -0.39 is 6.04 Å². The van der Waals surface area contributed by atoms with Crippen molar-refractivity contribution in [3.8, 4) is 5.75 Å². The molecule has 118 valence electrons. The van der Waals surface area contributed by atoms with E-state index in [9.17, 15) is 9.90 Å². The van der Waals surface area contributed by atoms with E-state index in [1.165, 1.54) is 0 Å². The zero-order valence-corrected chi connectivity index (χ0v) is 12.8. The lowest BCUT2D eigenvalue weighted by molar-refractivity contribution is -0.135. The van der Waals surface area contributed by atoms with Gasteiger partial charge in [0.2, 0.25) is 5.91 Å². The summed E-state index contributed by atoms with van der Waals surface area (Å²) in [7, 11) is 0. The van der Waals surface area contributed by atoms with E-state index in [1.807, 2.05) is 13.8 Å². The Morgan fingerprint density at radius 3 is 2.29 bits per heavy atom. The van der Waals surface area contributed by atoms with Gasteiger partial charge in [-0.05, 0) is 37.0 Å². The topological polar surface area (TPSA) is 86.8 Å². The van der Waals surface area contributed by atoms with Gasteiger partial charge in [-0.15, -0.1) is 0 Å². The number of carbonyl (C=O) groups is 1. The standard InChI is InChI=1S/C16H26N2O3/c1-3-13(4-2)18(9-10-19)16(21)15(17)11-12-5-7-14(20)8-6-12/h5-8,13,15,19-20H,3-4,9-11,17H2,1-2H3/t15-/m1/s1. The van der Waals surface area contributed by atoms with Gasteiger partial charge < -0.3 is 20.8 Å². The van der Waals surface area contributed by atoms with Crippen molar-refractivity contribution < 1.29 is 15.0 Å². The van der Waals surface area contributed by atoms with Gasteiger partial charge in [-0.3, -0.25) is 4.79 Å². The third kappa shape index (κ3) is 5.02. The smallest absolute Gasteiger partial charge is 0.240 e. The Morgan fingerprint density at radius 1 is 1.24 bits per heavy atom. The summed E-state index contributed by atoms with van der Waals surface area (Å²) in [6, 6.07) is 6.15. The Hall–Kier alpha value is -1.59. The molecule has 0 heterocycles. The van der Waals surface area contributed by atoms with E-state index in [1.54, 1.807) is 29.2 Å². The minimum absolute atomic E-state index is 0.0613. The van der Waals surface area contributed by atoms with E-state index in [0.717, 1.165) is 18.4 Å². The molecule has 0 unspecified atom stereocenters. The molecule has 5 heteroatoms. The lowest BCUT2D eigenvalue weighted by atomic mass is 10.0. The minimum atomic E-state index is -0.637. The molecule has 1 amide bonds. The minimum Gasteiger partial charge on any atom is -0.508 e. The van der Waals surface area contributed by atoms with Crippen LogP contribution in [0.15, 0.2) is 24.3 Å². The fourth-order valence-corrected chi connectivity index (χ4v) is 2.50. The van der Waals surface area contributed by atoms with E-state index >= 15 is 0 Å². The summed E-state index contributed by atoms with van der Waals surface area (Å²) in [6.07, 6.45) is 2.10. The molecule has 0 aromatic heterocycles. The molecule has 4 N–H and O–H groups in total. The molecule has 0 spiro atoms. The van der Waals surface area contributed by atoms with Crippen molar-refractivity contribution in [1.29, 1.82) is 0 Å². The van der Waals surface area contributed by atoms with Crippen molar-refractivity contribution in [1.82, 2.24) is 4.90 Å². The number of amides is 1. The molecule has 0 fully saturated rings.